The largest absolute Gasteiger partial charge is 0.365 e. The molecule has 0 unspecified atom stereocenters. The van der Waals surface area contributed by atoms with Crippen LogP contribution in [0.2, 0.25) is 0 Å². The Labute approximate surface area is 167 Å². The van der Waals surface area contributed by atoms with E-state index in [2.05, 4.69) is 42.7 Å². The lowest BCUT2D eigenvalue weighted by Gasteiger charge is -2.06. The molecule has 0 amide bonds. The Kier molecular flexibility index (Phi) is 10.9. The van der Waals surface area contributed by atoms with Crippen molar-refractivity contribution in [3.8, 4) is 0 Å². The molecule has 0 radical (unpaired) electrons. The third-order valence-corrected chi connectivity index (χ3v) is 3.40. The minimum atomic E-state index is -0.229. The van der Waals surface area contributed by atoms with Crippen LogP contribution in [-0.2, 0) is 6.54 Å². The third-order valence-electron chi connectivity index (χ3n) is 3.40. The van der Waals surface area contributed by atoms with E-state index in [0.717, 1.165) is 29.1 Å². The van der Waals surface area contributed by atoms with Gasteiger partial charge in [-0.1, -0.05) is 51.5 Å². The van der Waals surface area contributed by atoms with Gasteiger partial charge in [0.05, 0.1) is 11.9 Å². The van der Waals surface area contributed by atoms with Gasteiger partial charge in [0, 0.05) is 6.54 Å². The first-order chi connectivity index (χ1) is 13.6. The summed E-state index contributed by atoms with van der Waals surface area (Å²) in [5.74, 6) is 0.517. The molecule has 0 spiro atoms. The maximum atomic E-state index is 12.9. The van der Waals surface area contributed by atoms with Crippen molar-refractivity contribution >= 4 is 17.5 Å². The Morgan fingerprint density at radius 3 is 2.32 bits per heavy atom. The molecule has 0 fully saturated rings. The first-order valence-electron chi connectivity index (χ1n) is 9.66. The van der Waals surface area contributed by atoms with Crippen LogP contribution in [0.25, 0.3) is 11.7 Å². The van der Waals surface area contributed by atoms with Gasteiger partial charge in [-0.3, -0.25) is 0 Å². The topological polar surface area (TPSA) is 42.2 Å². The summed E-state index contributed by atoms with van der Waals surface area (Å²) in [5.41, 5.74) is 2.73. The van der Waals surface area contributed by atoms with E-state index < -0.39 is 0 Å². The molecule has 28 heavy (non-hydrogen) atoms. The number of rotatable bonds is 5. The zero-order valence-electron chi connectivity index (χ0n) is 17.3. The number of anilines is 1. The standard InChI is InChI=1S/C16H15FN4.C4H8.C3H8/c1-2-3-14-11-19-16-9-8-15(20-21(14)16)18-10-12-4-6-13(17)7-5-12;1-3-4-2;1-3-2/h2-9,11H,10H2,1H3,(H,18,20);3H,1,4H2,2H3;3H2,1-2H3/b3-2+;;. The van der Waals surface area contributed by atoms with E-state index in [-0.39, 0.29) is 5.82 Å². The van der Waals surface area contributed by atoms with E-state index in [1.54, 1.807) is 22.8 Å². The zero-order valence-corrected chi connectivity index (χ0v) is 17.3. The number of benzene rings is 1. The number of nitrogens with zero attached hydrogens (tertiary/aromatic N) is 3. The molecule has 1 N–H and O–H groups in total. The number of hydrogen-bond acceptors (Lipinski definition) is 3. The van der Waals surface area contributed by atoms with Gasteiger partial charge in [0.25, 0.3) is 0 Å². The minimum Gasteiger partial charge on any atom is -0.365 e. The van der Waals surface area contributed by atoms with Gasteiger partial charge >= 0.3 is 0 Å². The van der Waals surface area contributed by atoms with Gasteiger partial charge in [-0.05, 0) is 49.2 Å². The molecule has 0 aliphatic heterocycles. The van der Waals surface area contributed by atoms with Crippen LogP contribution in [0.3, 0.4) is 0 Å². The van der Waals surface area contributed by atoms with Crippen molar-refractivity contribution in [2.45, 2.75) is 47.1 Å². The number of aromatic nitrogens is 3. The van der Waals surface area contributed by atoms with Crippen molar-refractivity contribution in [2.75, 3.05) is 5.32 Å². The van der Waals surface area contributed by atoms with Crippen LogP contribution >= 0.6 is 0 Å². The summed E-state index contributed by atoms with van der Waals surface area (Å²) in [5, 5.41) is 7.73. The summed E-state index contributed by atoms with van der Waals surface area (Å²) in [4.78, 5) is 4.29. The van der Waals surface area contributed by atoms with Gasteiger partial charge in [-0.15, -0.1) is 11.7 Å². The van der Waals surface area contributed by atoms with Crippen LogP contribution in [0, 0.1) is 5.82 Å². The summed E-state index contributed by atoms with van der Waals surface area (Å²) in [7, 11) is 0. The summed E-state index contributed by atoms with van der Waals surface area (Å²) in [6.45, 7) is 12.3. The second-order valence-electron chi connectivity index (χ2n) is 6.06. The van der Waals surface area contributed by atoms with E-state index in [4.69, 9.17) is 0 Å². The average Bonchev–Trinajstić information content (AvgIpc) is 3.11. The number of nitrogens with one attached hydrogen (secondary N) is 1. The Bertz CT molecular complexity index is 851. The van der Waals surface area contributed by atoms with Gasteiger partial charge in [0.1, 0.15) is 11.6 Å². The lowest BCUT2D eigenvalue weighted by Crippen LogP contribution is -2.04. The number of imidazole rings is 1. The maximum Gasteiger partial charge on any atom is 0.154 e. The van der Waals surface area contributed by atoms with E-state index in [1.165, 1.54) is 18.6 Å². The molecular formula is C23H31FN4. The number of hydrogen-bond donors (Lipinski definition) is 1. The van der Waals surface area contributed by atoms with Crippen molar-refractivity contribution in [1.29, 1.82) is 0 Å². The van der Waals surface area contributed by atoms with Crippen molar-refractivity contribution in [3.63, 3.8) is 0 Å². The number of allylic oxidation sites excluding steroid dienone is 2. The monoisotopic (exact) mass is 382 g/mol. The number of fused-ring (bicyclic) bond motifs is 1. The fourth-order valence-electron chi connectivity index (χ4n) is 2.06. The molecule has 0 saturated heterocycles. The van der Waals surface area contributed by atoms with Crippen LogP contribution in [0.1, 0.15) is 51.8 Å². The molecule has 0 aliphatic rings. The maximum absolute atomic E-state index is 12.9. The van der Waals surface area contributed by atoms with Gasteiger partial charge < -0.3 is 5.32 Å². The first-order valence-corrected chi connectivity index (χ1v) is 9.66. The zero-order chi connectivity index (χ0) is 20.8. The predicted molar refractivity (Wildman–Crippen MR) is 118 cm³/mol. The van der Waals surface area contributed by atoms with Crippen LogP contribution in [0.5, 0.6) is 0 Å². The second kappa shape index (κ2) is 13.3. The van der Waals surface area contributed by atoms with Crippen LogP contribution < -0.4 is 5.32 Å². The van der Waals surface area contributed by atoms with Crippen LogP contribution in [-0.4, -0.2) is 14.6 Å². The predicted octanol–water partition coefficient (Wildman–Crippen LogP) is 6.51. The summed E-state index contributed by atoms with van der Waals surface area (Å²) >= 11 is 0. The molecule has 3 rings (SSSR count). The number of halogens is 1. The van der Waals surface area contributed by atoms with Gasteiger partial charge in [-0.25, -0.2) is 13.9 Å². The quantitative estimate of drug-likeness (QED) is 0.511. The normalized spacial score (nSPS) is 10.0. The molecule has 2 aromatic heterocycles. The van der Waals surface area contributed by atoms with Gasteiger partial charge in [-0.2, -0.15) is 0 Å². The Hall–Kier alpha value is -2.95. The smallest absolute Gasteiger partial charge is 0.154 e. The molecular weight excluding hydrogens is 351 g/mol. The molecule has 0 atom stereocenters. The molecule has 5 heteroatoms. The minimum absolute atomic E-state index is 0.229. The van der Waals surface area contributed by atoms with Gasteiger partial charge in [0.2, 0.25) is 0 Å². The van der Waals surface area contributed by atoms with Crippen molar-refractivity contribution in [3.05, 3.63) is 78.4 Å². The van der Waals surface area contributed by atoms with E-state index in [1.807, 2.05) is 37.3 Å². The summed E-state index contributed by atoms with van der Waals surface area (Å²) in [6.07, 6.45) is 9.90. The molecule has 3 aromatic rings. The van der Waals surface area contributed by atoms with E-state index in [0.29, 0.717) is 6.54 Å². The highest BCUT2D eigenvalue weighted by Gasteiger charge is 2.03. The van der Waals surface area contributed by atoms with Gasteiger partial charge in [0.15, 0.2) is 5.65 Å². The summed E-state index contributed by atoms with van der Waals surface area (Å²) < 4.78 is 14.6. The first kappa shape index (κ1) is 23.1. The Morgan fingerprint density at radius 2 is 1.75 bits per heavy atom. The third kappa shape index (κ3) is 7.74. The fraction of sp³-hybridized carbons (Fsp3) is 0.304. The highest BCUT2D eigenvalue weighted by Crippen LogP contribution is 2.12. The highest BCUT2D eigenvalue weighted by atomic mass is 19.1. The molecule has 1 aromatic carbocycles. The SMILES string of the molecule is C/C=C/c1cnc2ccc(NCc3ccc(F)cc3)nn12.C=CCC.CCC. The van der Waals surface area contributed by atoms with E-state index in [9.17, 15) is 4.39 Å². The fourth-order valence-corrected chi connectivity index (χ4v) is 2.06. The Balaban J connectivity index is 0.000000489. The van der Waals surface area contributed by atoms with Crippen molar-refractivity contribution in [1.82, 2.24) is 14.6 Å². The van der Waals surface area contributed by atoms with Crippen molar-refractivity contribution < 1.29 is 4.39 Å². The average molecular weight is 383 g/mol. The summed E-state index contributed by atoms with van der Waals surface area (Å²) in [6, 6.07) is 10.2. The van der Waals surface area contributed by atoms with Crippen LogP contribution in [0.15, 0.2) is 61.3 Å². The van der Waals surface area contributed by atoms with Crippen molar-refractivity contribution in [2.24, 2.45) is 0 Å². The molecule has 0 saturated carbocycles. The lowest BCUT2D eigenvalue weighted by atomic mass is 10.2. The van der Waals surface area contributed by atoms with E-state index >= 15 is 0 Å². The Morgan fingerprint density at radius 1 is 1.11 bits per heavy atom. The second-order valence-corrected chi connectivity index (χ2v) is 6.06. The molecule has 4 nitrogen and oxygen atoms in total. The molecule has 2 heterocycles. The highest BCUT2D eigenvalue weighted by molar-refractivity contribution is 5.53. The molecule has 0 bridgehead atoms. The lowest BCUT2D eigenvalue weighted by molar-refractivity contribution is 0.627. The van der Waals surface area contributed by atoms with Crippen LogP contribution in [0.4, 0.5) is 10.2 Å². The molecule has 150 valence electrons. The molecule has 0 aliphatic carbocycles.